The summed E-state index contributed by atoms with van der Waals surface area (Å²) in [6, 6.07) is 9.03. The number of rotatable bonds is 4. The highest BCUT2D eigenvalue weighted by atomic mass is 19.4. The van der Waals surface area contributed by atoms with Crippen molar-refractivity contribution in [3.63, 3.8) is 0 Å². The van der Waals surface area contributed by atoms with Crippen LogP contribution in [0.15, 0.2) is 36.4 Å². The molecule has 176 valence electrons. The first-order valence-electron chi connectivity index (χ1n) is 12.0. The van der Waals surface area contributed by atoms with Crippen LogP contribution in [-0.4, -0.2) is 6.36 Å². The van der Waals surface area contributed by atoms with Gasteiger partial charge in [0.15, 0.2) is 0 Å². The molecule has 0 amide bonds. The molecule has 1 atom stereocenters. The fraction of sp³-hybridized carbons (Fsp3) is 0.500. The van der Waals surface area contributed by atoms with Crippen molar-refractivity contribution in [2.75, 3.05) is 0 Å². The van der Waals surface area contributed by atoms with E-state index >= 15 is 4.39 Å². The zero-order valence-corrected chi connectivity index (χ0v) is 19.0. The second kappa shape index (κ2) is 10.2. The van der Waals surface area contributed by atoms with Gasteiger partial charge >= 0.3 is 6.36 Å². The van der Waals surface area contributed by atoms with Crippen molar-refractivity contribution >= 4 is 0 Å². The van der Waals surface area contributed by atoms with E-state index in [2.05, 4.69) is 23.5 Å². The number of alkyl halides is 3. The van der Waals surface area contributed by atoms with E-state index in [4.69, 9.17) is 0 Å². The average Bonchev–Trinajstić information content (AvgIpc) is 2.79. The van der Waals surface area contributed by atoms with Crippen LogP contribution in [0.1, 0.15) is 74.1 Å². The van der Waals surface area contributed by atoms with Crippen LogP contribution in [-0.2, 0) is 12.8 Å². The van der Waals surface area contributed by atoms with Crippen molar-refractivity contribution < 1.29 is 22.3 Å². The van der Waals surface area contributed by atoms with Gasteiger partial charge in [-0.1, -0.05) is 50.5 Å². The fourth-order valence-electron chi connectivity index (χ4n) is 5.57. The first-order chi connectivity index (χ1) is 15.8. The summed E-state index contributed by atoms with van der Waals surface area (Å²) in [5.74, 6) is 7.45. The van der Waals surface area contributed by atoms with Gasteiger partial charge in [-0.2, -0.15) is 0 Å². The lowest BCUT2D eigenvalue weighted by Gasteiger charge is -2.36. The summed E-state index contributed by atoms with van der Waals surface area (Å²) in [7, 11) is 0. The Balaban J connectivity index is 1.41. The van der Waals surface area contributed by atoms with Crippen molar-refractivity contribution in [3.8, 4) is 17.6 Å². The predicted molar refractivity (Wildman–Crippen MR) is 121 cm³/mol. The lowest BCUT2D eigenvalue weighted by Crippen LogP contribution is -2.27. The molecule has 1 fully saturated rings. The number of ether oxygens (including phenoxy) is 1. The Morgan fingerprint density at radius 3 is 2.30 bits per heavy atom. The lowest BCUT2D eigenvalue weighted by atomic mass is 9.69. The van der Waals surface area contributed by atoms with Gasteiger partial charge in [0.2, 0.25) is 0 Å². The van der Waals surface area contributed by atoms with Crippen LogP contribution < -0.4 is 4.74 Å². The number of hydrogen-bond acceptors (Lipinski definition) is 1. The molecule has 2 aliphatic rings. The molecule has 0 aromatic heterocycles. The average molecular weight is 459 g/mol. The quantitative estimate of drug-likeness (QED) is 0.335. The summed E-state index contributed by atoms with van der Waals surface area (Å²) < 4.78 is 55.9. The monoisotopic (exact) mass is 458 g/mol. The van der Waals surface area contributed by atoms with Gasteiger partial charge in [-0.25, -0.2) is 4.39 Å². The third kappa shape index (κ3) is 6.10. The van der Waals surface area contributed by atoms with Gasteiger partial charge in [0.1, 0.15) is 11.6 Å². The molecule has 0 bridgehead atoms. The van der Waals surface area contributed by atoms with E-state index in [-0.39, 0.29) is 11.6 Å². The van der Waals surface area contributed by atoms with Gasteiger partial charge in [-0.05, 0) is 91.3 Å². The molecule has 33 heavy (non-hydrogen) atoms. The van der Waals surface area contributed by atoms with Crippen LogP contribution in [0.4, 0.5) is 17.6 Å². The Hall–Kier alpha value is -2.48. The normalized spacial score (nSPS) is 22.8. The number of benzene rings is 2. The van der Waals surface area contributed by atoms with E-state index < -0.39 is 6.36 Å². The molecule has 2 aromatic carbocycles. The van der Waals surface area contributed by atoms with Gasteiger partial charge in [0.25, 0.3) is 0 Å². The molecule has 0 spiro atoms. The minimum Gasteiger partial charge on any atom is -0.406 e. The highest BCUT2D eigenvalue weighted by molar-refractivity contribution is 5.48. The highest BCUT2D eigenvalue weighted by Gasteiger charge is 2.32. The summed E-state index contributed by atoms with van der Waals surface area (Å²) in [5, 5.41) is 0. The van der Waals surface area contributed by atoms with Crippen LogP contribution in [0.25, 0.3) is 0 Å². The Bertz CT molecular complexity index is 1010. The molecule has 1 unspecified atom stereocenters. The van der Waals surface area contributed by atoms with Crippen LogP contribution in [0.2, 0.25) is 0 Å². The van der Waals surface area contributed by atoms with Crippen LogP contribution in [0.3, 0.4) is 0 Å². The Labute approximate surface area is 193 Å². The molecule has 2 aliphatic carbocycles. The highest BCUT2D eigenvalue weighted by Crippen LogP contribution is 2.41. The minimum absolute atomic E-state index is 0.248. The van der Waals surface area contributed by atoms with Crippen molar-refractivity contribution in [1.82, 2.24) is 0 Å². The second-order valence-electron chi connectivity index (χ2n) is 9.46. The summed E-state index contributed by atoms with van der Waals surface area (Å²) in [6.07, 6.45) is 5.92. The Kier molecular flexibility index (Phi) is 7.32. The molecule has 0 heterocycles. The smallest absolute Gasteiger partial charge is 0.406 e. The van der Waals surface area contributed by atoms with E-state index in [1.165, 1.54) is 62.8 Å². The van der Waals surface area contributed by atoms with Gasteiger partial charge in [0.05, 0.1) is 5.56 Å². The molecular formula is C28H30F4O. The van der Waals surface area contributed by atoms with Crippen molar-refractivity contribution in [1.29, 1.82) is 0 Å². The number of halogens is 4. The molecule has 1 saturated carbocycles. The fourth-order valence-corrected chi connectivity index (χ4v) is 5.57. The number of hydrogen-bond donors (Lipinski definition) is 0. The lowest BCUT2D eigenvalue weighted by molar-refractivity contribution is -0.274. The summed E-state index contributed by atoms with van der Waals surface area (Å²) in [5.41, 5.74) is 2.73. The van der Waals surface area contributed by atoms with Crippen LogP contribution in [0.5, 0.6) is 5.75 Å². The third-order valence-electron chi connectivity index (χ3n) is 7.27. The molecule has 0 N–H and O–H groups in total. The topological polar surface area (TPSA) is 9.23 Å². The van der Waals surface area contributed by atoms with E-state index in [0.29, 0.717) is 17.0 Å². The van der Waals surface area contributed by atoms with E-state index in [1.807, 2.05) is 6.07 Å². The standard InChI is InChI=1S/C28H30F4O/c1-2-3-19-4-9-21(10-5-19)23-14-17-26-24(18-23)13-12-22(27(26)29)11-6-20-7-15-25(16-8-20)33-28(30,31)32/h7-8,12-13,15-16,19,21,23H,2-5,9-10,14,17-18H2,1H3. The first kappa shape index (κ1) is 23.7. The summed E-state index contributed by atoms with van der Waals surface area (Å²) in [4.78, 5) is 0. The molecule has 0 radical (unpaired) electrons. The molecule has 4 rings (SSSR count). The van der Waals surface area contributed by atoms with Crippen LogP contribution >= 0.6 is 0 Å². The first-order valence-corrected chi connectivity index (χ1v) is 12.0. The Morgan fingerprint density at radius 2 is 1.64 bits per heavy atom. The van der Waals surface area contributed by atoms with Gasteiger partial charge in [-0.15, -0.1) is 13.2 Å². The molecule has 0 saturated heterocycles. The Morgan fingerprint density at radius 1 is 0.909 bits per heavy atom. The van der Waals surface area contributed by atoms with E-state index in [0.717, 1.165) is 42.2 Å². The molecule has 5 heteroatoms. The molecular weight excluding hydrogens is 428 g/mol. The zero-order chi connectivity index (χ0) is 23.4. The molecule has 2 aromatic rings. The van der Waals surface area contributed by atoms with Gasteiger partial charge in [-0.3, -0.25) is 0 Å². The minimum atomic E-state index is -4.73. The summed E-state index contributed by atoms with van der Waals surface area (Å²) >= 11 is 0. The van der Waals surface area contributed by atoms with Crippen molar-refractivity contribution in [2.24, 2.45) is 17.8 Å². The van der Waals surface area contributed by atoms with E-state index in [9.17, 15) is 13.2 Å². The van der Waals surface area contributed by atoms with Crippen molar-refractivity contribution in [3.05, 3.63) is 64.5 Å². The predicted octanol–water partition coefficient (Wildman–Crippen LogP) is 7.84. The van der Waals surface area contributed by atoms with Gasteiger partial charge in [0, 0.05) is 5.56 Å². The zero-order valence-electron chi connectivity index (χ0n) is 19.0. The van der Waals surface area contributed by atoms with Crippen molar-refractivity contribution in [2.45, 2.75) is 71.1 Å². The largest absolute Gasteiger partial charge is 0.573 e. The van der Waals surface area contributed by atoms with E-state index in [1.54, 1.807) is 6.07 Å². The summed E-state index contributed by atoms with van der Waals surface area (Å²) in [6.45, 7) is 2.26. The SMILES string of the molecule is CCCC1CCC(C2CCc3c(ccc(C#Cc4ccc(OC(F)(F)F)cc4)c3F)C2)CC1. The molecule has 1 nitrogen and oxygen atoms in total. The molecule has 0 aliphatic heterocycles. The van der Waals surface area contributed by atoms with Crippen LogP contribution in [0, 0.1) is 35.4 Å². The third-order valence-corrected chi connectivity index (χ3v) is 7.27. The maximum Gasteiger partial charge on any atom is 0.573 e. The van der Waals surface area contributed by atoms with Gasteiger partial charge < -0.3 is 4.74 Å². The second-order valence-corrected chi connectivity index (χ2v) is 9.46. The maximum atomic E-state index is 15.2. The number of fused-ring (bicyclic) bond motifs is 1. The maximum absolute atomic E-state index is 15.2.